The zero-order valence-corrected chi connectivity index (χ0v) is 25.3. The number of hydrogen-bond acceptors (Lipinski definition) is 6. The zero-order chi connectivity index (χ0) is 30.4. The van der Waals surface area contributed by atoms with Crippen molar-refractivity contribution in [1.82, 2.24) is 10.2 Å². The summed E-state index contributed by atoms with van der Waals surface area (Å²) < 4.78 is 44.9. The molecule has 0 aliphatic carbocycles. The van der Waals surface area contributed by atoms with Crippen LogP contribution in [-0.4, -0.2) is 42.5 Å². The molecule has 2 aliphatic rings. The Balaban J connectivity index is 1.27. The summed E-state index contributed by atoms with van der Waals surface area (Å²) in [6.07, 6.45) is -1.53. The second-order valence-corrected chi connectivity index (χ2v) is 12.4. The van der Waals surface area contributed by atoms with Crippen molar-refractivity contribution in [1.29, 1.82) is 0 Å². The quantitative estimate of drug-likeness (QED) is 0.224. The van der Waals surface area contributed by atoms with Crippen molar-refractivity contribution in [2.45, 2.75) is 57.5 Å². The van der Waals surface area contributed by atoms with Crippen LogP contribution in [0.25, 0.3) is 5.70 Å². The number of hydrogen-bond donors (Lipinski definition) is 1. The van der Waals surface area contributed by atoms with E-state index >= 15 is 0 Å². The highest BCUT2D eigenvalue weighted by Gasteiger charge is 2.30. The molecule has 1 atom stereocenters. The highest BCUT2D eigenvalue weighted by Crippen LogP contribution is 2.33. The van der Waals surface area contributed by atoms with Gasteiger partial charge in [0.05, 0.1) is 5.56 Å². The molecule has 3 aromatic rings. The number of carbonyl (C=O) groups is 1. The third-order valence-electron chi connectivity index (χ3n) is 8.06. The van der Waals surface area contributed by atoms with Crippen LogP contribution in [-0.2, 0) is 24.0 Å². The highest BCUT2D eigenvalue weighted by molar-refractivity contribution is 8.03. The maximum atomic E-state index is 13.1. The first-order valence-electron chi connectivity index (χ1n) is 14.7. The van der Waals surface area contributed by atoms with Crippen LogP contribution in [0.4, 0.5) is 18.9 Å². The maximum Gasteiger partial charge on any atom is 0.416 e. The molecule has 0 radical (unpaired) electrons. The molecule has 1 unspecified atom stereocenters. The van der Waals surface area contributed by atoms with E-state index in [1.54, 1.807) is 23.9 Å². The minimum Gasteiger partial charge on any atom is -0.381 e. The molecule has 5 nitrogen and oxygen atoms in total. The van der Waals surface area contributed by atoms with E-state index in [1.807, 2.05) is 24.3 Å². The van der Waals surface area contributed by atoms with Crippen molar-refractivity contribution in [2.75, 3.05) is 24.7 Å². The molecule has 43 heavy (non-hydrogen) atoms. The van der Waals surface area contributed by atoms with Crippen molar-refractivity contribution in [2.24, 2.45) is 5.92 Å². The number of nitrogens with zero attached hydrogens (tertiary/aromatic N) is 2. The van der Waals surface area contributed by atoms with Gasteiger partial charge < -0.3 is 15.0 Å². The lowest BCUT2D eigenvalue weighted by Crippen LogP contribution is -2.43. The summed E-state index contributed by atoms with van der Waals surface area (Å²) >= 11 is 1.74. The number of aldehydes is 1. The topological polar surface area (TPSA) is 44.8 Å². The molecule has 0 bridgehead atoms. The molecule has 228 valence electrons. The molecule has 3 aromatic carbocycles. The Labute approximate surface area is 256 Å². The van der Waals surface area contributed by atoms with Crippen LogP contribution in [0.1, 0.15) is 59.3 Å². The van der Waals surface area contributed by atoms with E-state index in [0.29, 0.717) is 24.1 Å². The number of carbonyl (C=O) groups excluding carboxylic acids is 1. The van der Waals surface area contributed by atoms with Gasteiger partial charge in [-0.2, -0.15) is 13.2 Å². The van der Waals surface area contributed by atoms with Crippen LogP contribution >= 0.6 is 11.8 Å². The number of rotatable bonds is 11. The van der Waals surface area contributed by atoms with E-state index in [2.05, 4.69) is 58.6 Å². The number of thioether (sulfide) groups is 1. The van der Waals surface area contributed by atoms with Crippen molar-refractivity contribution < 1.29 is 22.7 Å². The molecule has 1 fully saturated rings. The molecule has 1 N–H and O–H groups in total. The van der Waals surface area contributed by atoms with Crippen LogP contribution in [0.2, 0.25) is 0 Å². The predicted octanol–water partition coefficient (Wildman–Crippen LogP) is 7.78. The normalized spacial score (nSPS) is 17.7. The van der Waals surface area contributed by atoms with Gasteiger partial charge in [-0.25, -0.2) is 0 Å². The molecule has 0 saturated carbocycles. The van der Waals surface area contributed by atoms with Crippen molar-refractivity contribution >= 4 is 29.4 Å². The summed E-state index contributed by atoms with van der Waals surface area (Å²) in [5.74, 6) is 0.468. The largest absolute Gasteiger partial charge is 0.416 e. The molecule has 5 rings (SSSR count). The Bertz CT molecular complexity index is 1370. The monoisotopic (exact) mass is 609 g/mol. The highest BCUT2D eigenvalue weighted by atomic mass is 32.2. The molecule has 0 spiro atoms. The lowest BCUT2D eigenvalue weighted by atomic mass is 9.98. The third-order valence-corrected chi connectivity index (χ3v) is 9.08. The average molecular weight is 610 g/mol. The van der Waals surface area contributed by atoms with E-state index in [-0.39, 0.29) is 5.50 Å². The molecular weight excluding hydrogens is 571 g/mol. The first-order valence-corrected chi connectivity index (χ1v) is 15.6. The van der Waals surface area contributed by atoms with Gasteiger partial charge >= 0.3 is 6.18 Å². The Morgan fingerprint density at radius 2 is 1.56 bits per heavy atom. The first kappa shape index (κ1) is 31.2. The standard InChI is InChI=1S/C34H38F3N3O2S/c1-24(2)40(21-26-3-5-28(22-41)6-4-26)33-38-32(23-43-33)29-9-13-31(14-10-29)39(20-27-15-17-42-18-16-27)19-25-7-11-30(12-8-25)34(35,36)37/h3-14,22-24,27,33,38H,15-21H2,1-2H3. The second-order valence-electron chi connectivity index (χ2n) is 11.5. The van der Waals surface area contributed by atoms with Gasteiger partial charge in [-0.1, -0.05) is 60.3 Å². The van der Waals surface area contributed by atoms with Gasteiger partial charge in [-0.15, -0.1) is 0 Å². The predicted molar refractivity (Wildman–Crippen MR) is 167 cm³/mol. The van der Waals surface area contributed by atoms with Gasteiger partial charge in [0, 0.05) is 55.8 Å². The lowest BCUT2D eigenvalue weighted by molar-refractivity contribution is -0.137. The van der Waals surface area contributed by atoms with Gasteiger partial charge in [0.2, 0.25) is 0 Å². The summed E-state index contributed by atoms with van der Waals surface area (Å²) in [6, 6.07) is 21.9. The van der Waals surface area contributed by atoms with E-state index in [9.17, 15) is 18.0 Å². The van der Waals surface area contributed by atoms with E-state index in [4.69, 9.17) is 4.74 Å². The Morgan fingerprint density at radius 3 is 2.16 bits per heavy atom. The minimum atomic E-state index is -4.34. The summed E-state index contributed by atoms with van der Waals surface area (Å²) in [6.45, 7) is 7.95. The minimum absolute atomic E-state index is 0.0742. The fourth-order valence-corrected chi connectivity index (χ4v) is 6.61. The number of ether oxygens (including phenoxy) is 1. The fraction of sp³-hybridized carbons (Fsp3) is 0.382. The number of alkyl halides is 3. The molecule has 2 heterocycles. The number of anilines is 1. The fourth-order valence-electron chi connectivity index (χ4n) is 5.47. The Hall–Kier alpha value is -3.27. The van der Waals surface area contributed by atoms with Gasteiger partial charge in [-0.3, -0.25) is 9.69 Å². The van der Waals surface area contributed by atoms with Gasteiger partial charge in [0.15, 0.2) is 0 Å². The third kappa shape index (κ3) is 8.22. The summed E-state index contributed by atoms with van der Waals surface area (Å²) in [5, 5.41) is 5.84. The number of halogens is 3. The number of benzene rings is 3. The van der Waals surface area contributed by atoms with Gasteiger partial charge in [-0.05, 0) is 79.0 Å². The molecule has 0 aromatic heterocycles. The van der Waals surface area contributed by atoms with Crippen molar-refractivity contribution in [3.63, 3.8) is 0 Å². The second kappa shape index (κ2) is 14.0. The van der Waals surface area contributed by atoms with Gasteiger partial charge in [0.1, 0.15) is 11.8 Å². The van der Waals surface area contributed by atoms with Gasteiger partial charge in [0.25, 0.3) is 0 Å². The van der Waals surface area contributed by atoms with E-state index in [1.165, 1.54) is 0 Å². The van der Waals surface area contributed by atoms with E-state index in [0.717, 1.165) is 85.6 Å². The van der Waals surface area contributed by atoms with Crippen LogP contribution in [0.3, 0.4) is 0 Å². The molecule has 0 amide bonds. The van der Waals surface area contributed by atoms with Crippen molar-refractivity contribution in [3.8, 4) is 0 Å². The van der Waals surface area contributed by atoms with Crippen molar-refractivity contribution in [3.05, 3.63) is 106 Å². The lowest BCUT2D eigenvalue weighted by Gasteiger charge is -2.33. The van der Waals surface area contributed by atoms with Crippen LogP contribution in [0.15, 0.2) is 78.2 Å². The van der Waals surface area contributed by atoms with Crippen LogP contribution in [0.5, 0.6) is 0 Å². The van der Waals surface area contributed by atoms with Crippen LogP contribution in [0, 0.1) is 5.92 Å². The summed E-state index contributed by atoms with van der Waals surface area (Å²) in [5.41, 5.74) is 5.30. The maximum absolute atomic E-state index is 13.1. The smallest absolute Gasteiger partial charge is 0.381 e. The molecule has 2 aliphatic heterocycles. The Kier molecular flexibility index (Phi) is 10.2. The Morgan fingerprint density at radius 1 is 0.930 bits per heavy atom. The molecule has 1 saturated heterocycles. The molecular formula is C34H38F3N3O2S. The number of nitrogens with one attached hydrogen (secondary N) is 1. The summed E-state index contributed by atoms with van der Waals surface area (Å²) in [7, 11) is 0. The zero-order valence-electron chi connectivity index (χ0n) is 24.5. The average Bonchev–Trinajstić information content (AvgIpc) is 3.50. The first-order chi connectivity index (χ1) is 20.7. The summed E-state index contributed by atoms with van der Waals surface area (Å²) in [4.78, 5) is 15.7. The SMILES string of the molecule is CC(C)N(Cc1ccc(C=O)cc1)C1NC(c2ccc(N(Cc3ccc(C(F)(F)F)cc3)CC3CCOCC3)cc2)=CS1. The molecule has 9 heteroatoms. The van der Waals surface area contributed by atoms with E-state index < -0.39 is 11.7 Å². The van der Waals surface area contributed by atoms with Crippen LogP contribution < -0.4 is 10.2 Å².